The van der Waals surface area contributed by atoms with Crippen LogP contribution in [0.25, 0.3) is 5.57 Å². The normalized spacial score (nSPS) is 18.2. The Bertz CT molecular complexity index is 1920. The fraction of sp³-hybridized carbons (Fsp3) is 0.450. The summed E-state index contributed by atoms with van der Waals surface area (Å²) in [5, 5.41) is 3.40. The summed E-state index contributed by atoms with van der Waals surface area (Å²) in [4.78, 5) is 32.5. The number of carbonyl (C=O) groups is 2. The van der Waals surface area contributed by atoms with Crippen LogP contribution in [0, 0.1) is 17.5 Å². The van der Waals surface area contributed by atoms with E-state index in [1.54, 1.807) is 25.2 Å². The molecule has 9 nitrogen and oxygen atoms in total. The molecule has 16 heteroatoms. The number of rotatable bonds is 13. The number of piperazine rings is 1. The van der Waals surface area contributed by atoms with Gasteiger partial charge in [-0.1, -0.05) is 59.1 Å². The minimum atomic E-state index is -1.91. The topological polar surface area (TPSA) is 89.6 Å². The van der Waals surface area contributed by atoms with Crippen LogP contribution >= 0.6 is 47.2 Å². The summed E-state index contributed by atoms with van der Waals surface area (Å²) in [6, 6.07) is 13.7. The van der Waals surface area contributed by atoms with Crippen molar-refractivity contribution in [1.82, 2.24) is 15.1 Å². The lowest BCUT2D eigenvalue weighted by atomic mass is 9.81. The van der Waals surface area contributed by atoms with E-state index in [1.807, 2.05) is 41.3 Å². The van der Waals surface area contributed by atoms with E-state index in [1.165, 1.54) is 13.8 Å². The summed E-state index contributed by atoms with van der Waals surface area (Å²) in [5.74, 6) is -3.27. The van der Waals surface area contributed by atoms with E-state index in [4.69, 9.17) is 53.8 Å². The molecule has 2 fully saturated rings. The summed E-state index contributed by atoms with van der Waals surface area (Å²) < 4.78 is 61.8. The third-order valence-corrected chi connectivity index (χ3v) is 11.5. The summed E-state index contributed by atoms with van der Waals surface area (Å²) in [6.07, 6.45) is 2.24. The summed E-state index contributed by atoms with van der Waals surface area (Å²) in [6.45, 7) is 4.03. The monoisotopic (exact) mass is 859 g/mol. The van der Waals surface area contributed by atoms with Crippen LogP contribution in [0.2, 0.25) is 0 Å². The van der Waals surface area contributed by atoms with Crippen LogP contribution in [0.1, 0.15) is 56.2 Å². The fourth-order valence-corrected chi connectivity index (χ4v) is 7.09. The smallest absolute Gasteiger partial charge is 0.411 e. The van der Waals surface area contributed by atoms with Gasteiger partial charge < -0.3 is 29.2 Å². The largest absolute Gasteiger partial charge is 0.497 e. The van der Waals surface area contributed by atoms with Gasteiger partial charge in [-0.3, -0.25) is 9.69 Å². The van der Waals surface area contributed by atoms with Crippen LogP contribution in [0.4, 0.5) is 18.0 Å². The molecule has 3 aromatic rings. The molecule has 3 aliphatic rings. The van der Waals surface area contributed by atoms with Gasteiger partial charge in [0.15, 0.2) is 23.0 Å². The van der Waals surface area contributed by atoms with Gasteiger partial charge >= 0.3 is 6.09 Å². The number of nitrogens with one attached hydrogen (secondary N) is 1. The summed E-state index contributed by atoms with van der Waals surface area (Å²) in [7, 11) is 3.14. The number of aryl methyl sites for hydroxylation is 1. The Morgan fingerprint density at radius 1 is 0.911 bits per heavy atom. The summed E-state index contributed by atoms with van der Waals surface area (Å²) in [5.41, 5.74) is 2.37. The van der Waals surface area contributed by atoms with Crippen LogP contribution in [0.3, 0.4) is 0 Å². The number of amides is 2. The predicted molar refractivity (Wildman–Crippen MR) is 212 cm³/mol. The molecule has 2 amide bonds. The number of alkyl halides is 3. The van der Waals surface area contributed by atoms with Crippen molar-refractivity contribution in [1.29, 1.82) is 0 Å². The third-order valence-electron chi connectivity index (χ3n) is 10.2. The molecule has 56 heavy (non-hydrogen) atoms. The van der Waals surface area contributed by atoms with Crippen molar-refractivity contribution in [3.8, 4) is 17.2 Å². The number of carbonyl (C=O) groups excluding carboxylic acids is 2. The highest BCUT2D eigenvalue weighted by atomic mass is 35.6. The Hall–Kier alpha value is -3.55. The molecule has 304 valence electrons. The number of hydrogen-bond donors (Lipinski definition) is 1. The number of ether oxygens (including phenoxy) is 4. The van der Waals surface area contributed by atoms with Gasteiger partial charge in [-0.2, -0.15) is 4.39 Å². The quantitative estimate of drug-likeness (QED) is 0.104. The molecule has 1 saturated carbocycles. The molecule has 0 aromatic heterocycles. The Morgan fingerprint density at radius 3 is 2.16 bits per heavy atom. The average molecular weight is 862 g/mol. The zero-order valence-electron chi connectivity index (χ0n) is 31.3. The highest BCUT2D eigenvalue weighted by Crippen LogP contribution is 2.44. The molecule has 6 rings (SSSR count). The first-order valence-corrected chi connectivity index (χ1v) is 19.2. The van der Waals surface area contributed by atoms with Crippen molar-refractivity contribution in [2.45, 2.75) is 80.0 Å². The maximum Gasteiger partial charge on any atom is 0.411 e. The van der Waals surface area contributed by atoms with Gasteiger partial charge in [-0.25, -0.2) is 13.6 Å². The molecule has 0 spiro atoms. The highest BCUT2D eigenvalue weighted by Gasteiger charge is 2.50. The molecule has 2 atom stereocenters. The standard InChI is InChI=1S/C40H43Cl3F3N3O6.ClH/c1-39(2,40(41,42)43)55-38(51)49-27-18-30(25-9-7-23(8-10-25)6-5-15-54-36-32(45)14-13-31(44)35(36)46)34(33(49)21-47-20-27)37(50)48(26-11-12-26)22-24-16-28(52-3)19-29(17-24)53-4;/h7-10,13-14,16-17,19,26-27,33,47H,5-6,11-12,15,18,20-22H2,1-4H3;1H. The van der Waals surface area contributed by atoms with E-state index >= 15 is 4.79 Å². The van der Waals surface area contributed by atoms with E-state index in [0.717, 1.165) is 41.2 Å². The minimum absolute atomic E-state index is 0. The van der Waals surface area contributed by atoms with E-state index in [-0.39, 0.29) is 43.5 Å². The molecule has 2 unspecified atom stereocenters. The zero-order valence-corrected chi connectivity index (χ0v) is 34.4. The number of hydrogen-bond acceptors (Lipinski definition) is 7. The lowest BCUT2D eigenvalue weighted by Crippen LogP contribution is -2.64. The number of fused-ring (bicyclic) bond motifs is 2. The Kier molecular flexibility index (Phi) is 14.0. The number of methoxy groups -OCH3 is 2. The van der Waals surface area contributed by atoms with E-state index < -0.39 is 44.7 Å². The summed E-state index contributed by atoms with van der Waals surface area (Å²) >= 11 is 18.6. The lowest BCUT2D eigenvalue weighted by Gasteiger charge is -2.48. The zero-order chi connectivity index (χ0) is 39.7. The van der Waals surface area contributed by atoms with Gasteiger partial charge in [0.05, 0.1) is 32.9 Å². The van der Waals surface area contributed by atoms with Gasteiger partial charge in [0.2, 0.25) is 9.61 Å². The van der Waals surface area contributed by atoms with E-state index in [0.29, 0.717) is 55.5 Å². The second-order valence-corrected chi connectivity index (χ2v) is 16.7. The van der Waals surface area contributed by atoms with Crippen molar-refractivity contribution in [3.05, 3.63) is 94.3 Å². The molecule has 2 heterocycles. The maximum atomic E-state index is 15.1. The highest BCUT2D eigenvalue weighted by molar-refractivity contribution is 6.68. The van der Waals surface area contributed by atoms with Crippen LogP contribution < -0.4 is 19.5 Å². The van der Waals surface area contributed by atoms with Crippen LogP contribution in [-0.4, -0.2) is 83.2 Å². The Labute approximate surface area is 345 Å². The minimum Gasteiger partial charge on any atom is -0.497 e. The van der Waals surface area contributed by atoms with Gasteiger partial charge in [0, 0.05) is 37.3 Å². The lowest BCUT2D eigenvalue weighted by molar-refractivity contribution is -0.129. The number of nitrogens with zero attached hydrogens (tertiary/aromatic N) is 2. The molecule has 2 bridgehead atoms. The Balaban J connectivity index is 0.00000600. The molecule has 1 aliphatic carbocycles. The third kappa shape index (κ3) is 9.58. The number of benzene rings is 3. The fourth-order valence-electron chi connectivity index (χ4n) is 6.97. The van der Waals surface area contributed by atoms with Crippen molar-refractivity contribution >= 4 is 64.8 Å². The van der Waals surface area contributed by atoms with Crippen molar-refractivity contribution in [3.63, 3.8) is 0 Å². The van der Waals surface area contributed by atoms with Gasteiger partial charge in [0.1, 0.15) is 11.5 Å². The van der Waals surface area contributed by atoms with Gasteiger partial charge in [-0.05, 0) is 92.5 Å². The molecular weight excluding hydrogens is 817 g/mol. The van der Waals surface area contributed by atoms with Crippen LogP contribution in [0.15, 0.2) is 60.2 Å². The first kappa shape index (κ1) is 43.6. The molecular formula is C40H44Cl4F3N3O6. The molecule has 2 aliphatic heterocycles. The molecule has 0 radical (unpaired) electrons. The van der Waals surface area contributed by atoms with Crippen molar-refractivity contribution in [2.75, 3.05) is 33.9 Å². The molecule has 1 N–H and O–H groups in total. The first-order chi connectivity index (χ1) is 26.1. The van der Waals surface area contributed by atoms with Gasteiger partial charge in [-0.15, -0.1) is 12.4 Å². The van der Waals surface area contributed by atoms with Crippen LogP contribution in [0.5, 0.6) is 17.2 Å². The van der Waals surface area contributed by atoms with Crippen LogP contribution in [-0.2, 0) is 22.5 Å². The average Bonchev–Trinajstić information content (AvgIpc) is 3.99. The number of halogens is 7. The molecule has 1 saturated heterocycles. The van der Waals surface area contributed by atoms with Crippen molar-refractivity contribution in [2.24, 2.45) is 0 Å². The van der Waals surface area contributed by atoms with Gasteiger partial charge in [0.25, 0.3) is 5.91 Å². The second kappa shape index (κ2) is 17.9. The Morgan fingerprint density at radius 2 is 1.55 bits per heavy atom. The maximum absolute atomic E-state index is 15.1. The SMILES string of the molecule is COc1cc(CN(C(=O)C2=C(c3ccc(CCCOc4c(F)ccc(F)c4F)cc3)CC3CNCC2N3C(=O)OC(C)(C)C(Cl)(Cl)Cl)C2CC2)cc(OC)c1.Cl. The predicted octanol–water partition coefficient (Wildman–Crippen LogP) is 8.83. The van der Waals surface area contributed by atoms with Crippen molar-refractivity contribution < 1.29 is 41.7 Å². The first-order valence-electron chi connectivity index (χ1n) is 18.0. The molecule has 3 aromatic carbocycles. The second-order valence-electron chi connectivity index (χ2n) is 14.4. The van der Waals surface area contributed by atoms with E-state index in [2.05, 4.69) is 5.32 Å². The van der Waals surface area contributed by atoms with E-state index in [9.17, 15) is 18.0 Å².